The summed E-state index contributed by atoms with van der Waals surface area (Å²) in [7, 11) is 0. The average Bonchev–Trinajstić information content (AvgIpc) is 3.29. The van der Waals surface area contributed by atoms with E-state index >= 15 is 0 Å². The van der Waals surface area contributed by atoms with Crippen molar-refractivity contribution >= 4 is 27.8 Å². The molecule has 5 aromatic rings. The van der Waals surface area contributed by atoms with E-state index in [-0.39, 0.29) is 12.0 Å². The van der Waals surface area contributed by atoms with Gasteiger partial charge >= 0.3 is 0 Å². The third kappa shape index (κ3) is 2.97. The molecule has 36 heavy (non-hydrogen) atoms. The van der Waals surface area contributed by atoms with Crippen LogP contribution in [0.3, 0.4) is 0 Å². The van der Waals surface area contributed by atoms with Gasteiger partial charge in [-0.15, -0.1) is 0 Å². The number of aryl methyl sites for hydroxylation is 2. The predicted molar refractivity (Wildman–Crippen MR) is 144 cm³/mol. The number of benzene rings is 2. The van der Waals surface area contributed by atoms with Crippen LogP contribution in [0.5, 0.6) is 0 Å². The Labute approximate surface area is 210 Å². The summed E-state index contributed by atoms with van der Waals surface area (Å²) in [4.78, 5) is 9.80. The second-order valence-corrected chi connectivity index (χ2v) is 9.75. The Morgan fingerprint density at radius 3 is 2.72 bits per heavy atom. The number of aromatic nitrogens is 2. The summed E-state index contributed by atoms with van der Waals surface area (Å²) in [5, 5.41) is 2.07. The molecule has 174 valence electrons. The second-order valence-electron chi connectivity index (χ2n) is 9.75. The summed E-state index contributed by atoms with van der Waals surface area (Å²) in [6.45, 7) is 10.6. The first-order valence-electron chi connectivity index (χ1n) is 12.5. The van der Waals surface area contributed by atoms with E-state index in [1.54, 1.807) is 0 Å². The molecular formula is C32H26N3O+. The van der Waals surface area contributed by atoms with Crippen molar-refractivity contribution in [1.29, 1.82) is 0 Å². The number of hydrogen-bond acceptors (Lipinski definition) is 3. The van der Waals surface area contributed by atoms with Gasteiger partial charge in [-0.05, 0) is 61.2 Å². The largest absolute Gasteiger partial charge is 0.437 e. The van der Waals surface area contributed by atoms with Gasteiger partial charge in [0.15, 0.2) is 6.20 Å². The number of rotatable bonds is 1. The molecule has 0 bridgehead atoms. The van der Waals surface area contributed by atoms with Gasteiger partial charge in [0.2, 0.25) is 17.4 Å². The third-order valence-electron chi connectivity index (χ3n) is 7.72. The molecule has 4 nitrogen and oxygen atoms in total. The zero-order valence-electron chi connectivity index (χ0n) is 20.2. The Morgan fingerprint density at radius 1 is 1.00 bits per heavy atom. The van der Waals surface area contributed by atoms with E-state index in [0.29, 0.717) is 5.71 Å². The molecule has 0 saturated carbocycles. The maximum Gasteiger partial charge on any atom is 0.227 e. The first-order valence-corrected chi connectivity index (χ1v) is 12.5. The van der Waals surface area contributed by atoms with Crippen molar-refractivity contribution in [2.45, 2.75) is 31.7 Å². The number of pyridine rings is 2. The van der Waals surface area contributed by atoms with E-state index in [1.807, 2.05) is 19.1 Å². The zero-order chi connectivity index (χ0) is 24.4. The van der Waals surface area contributed by atoms with Crippen LogP contribution in [0.15, 0.2) is 107 Å². The lowest BCUT2D eigenvalue weighted by Crippen LogP contribution is -2.48. The quantitative estimate of drug-likeness (QED) is 0.248. The first-order chi connectivity index (χ1) is 17.6. The first kappa shape index (κ1) is 21.0. The highest BCUT2D eigenvalue weighted by atomic mass is 16.3. The summed E-state index contributed by atoms with van der Waals surface area (Å²) >= 11 is 0. The fourth-order valence-electron chi connectivity index (χ4n) is 6.13. The van der Waals surface area contributed by atoms with Crippen LogP contribution in [-0.4, -0.2) is 10.7 Å². The van der Waals surface area contributed by atoms with Crippen LogP contribution < -0.4 is 4.57 Å². The highest BCUT2D eigenvalue weighted by Crippen LogP contribution is 2.45. The number of aliphatic imine (C=N–C) groups is 1. The normalized spacial score (nSPS) is 18.8. The van der Waals surface area contributed by atoms with Gasteiger partial charge in [0.05, 0.1) is 11.6 Å². The molecule has 2 aliphatic heterocycles. The second kappa shape index (κ2) is 7.85. The molecule has 0 N–H and O–H groups in total. The number of allylic oxidation sites excluding steroid dienone is 2. The Kier molecular flexibility index (Phi) is 4.58. The molecule has 5 heterocycles. The smallest absolute Gasteiger partial charge is 0.227 e. The van der Waals surface area contributed by atoms with Gasteiger partial charge in [-0.1, -0.05) is 43.5 Å². The molecule has 4 heteroatoms. The topological polar surface area (TPSA) is 42.3 Å². The number of fused-ring (bicyclic) bond motifs is 11. The van der Waals surface area contributed by atoms with Crippen LogP contribution in [0.1, 0.15) is 40.8 Å². The van der Waals surface area contributed by atoms with Gasteiger partial charge in [-0.2, -0.15) is 4.57 Å². The molecule has 3 aromatic heterocycles. The Hall–Kier alpha value is -4.31. The standard InChI is InChI=1S/C32H26N3O/c1-4-27-29-21(14-17-25-26-15-12-19(2)33-32(26)36-31(25)29)13-16-24-22-9-5-6-10-23(22)28-11-7-8-18-35(28)30(24)20(3)34-27/h4-12,14-15,17-18,24,30H,1,3,13,16H2,2H3/q+1. The highest BCUT2D eigenvalue weighted by molar-refractivity contribution is 6.19. The molecular weight excluding hydrogens is 442 g/mol. The van der Waals surface area contributed by atoms with Crippen molar-refractivity contribution in [1.82, 2.24) is 4.98 Å². The lowest BCUT2D eigenvalue weighted by Gasteiger charge is -2.30. The van der Waals surface area contributed by atoms with E-state index in [1.165, 1.54) is 22.4 Å². The molecule has 2 atom stereocenters. The summed E-state index contributed by atoms with van der Waals surface area (Å²) in [5.41, 5.74) is 10.1. The molecule has 0 amide bonds. The van der Waals surface area contributed by atoms with E-state index in [2.05, 4.69) is 89.6 Å². The fourth-order valence-corrected chi connectivity index (χ4v) is 6.13. The molecule has 2 unspecified atom stereocenters. The molecule has 0 fully saturated rings. The minimum Gasteiger partial charge on any atom is -0.437 e. The number of furan rings is 1. The number of hydrogen-bond donors (Lipinski definition) is 0. The van der Waals surface area contributed by atoms with Crippen molar-refractivity contribution in [3.05, 3.63) is 120 Å². The van der Waals surface area contributed by atoms with Crippen molar-refractivity contribution in [3.8, 4) is 11.3 Å². The summed E-state index contributed by atoms with van der Waals surface area (Å²) in [6, 6.07) is 23.7. The van der Waals surface area contributed by atoms with Crippen LogP contribution in [0.25, 0.3) is 33.3 Å². The van der Waals surface area contributed by atoms with Gasteiger partial charge in [0, 0.05) is 39.7 Å². The van der Waals surface area contributed by atoms with Crippen LogP contribution in [0.2, 0.25) is 0 Å². The van der Waals surface area contributed by atoms with Gasteiger partial charge in [0.1, 0.15) is 11.3 Å². The van der Waals surface area contributed by atoms with E-state index in [0.717, 1.165) is 51.9 Å². The van der Waals surface area contributed by atoms with E-state index < -0.39 is 0 Å². The van der Waals surface area contributed by atoms with Gasteiger partial charge in [0.25, 0.3) is 0 Å². The Balaban J connectivity index is 1.48. The third-order valence-corrected chi connectivity index (χ3v) is 7.72. The minimum atomic E-state index is 0.0239. The molecule has 2 aliphatic rings. The molecule has 0 aliphatic carbocycles. The van der Waals surface area contributed by atoms with Crippen LogP contribution in [0, 0.1) is 6.92 Å². The maximum atomic E-state index is 6.39. The van der Waals surface area contributed by atoms with Crippen molar-refractivity contribution < 1.29 is 8.98 Å². The maximum absolute atomic E-state index is 6.39. The number of nitrogens with zero attached hydrogens (tertiary/aromatic N) is 3. The predicted octanol–water partition coefficient (Wildman–Crippen LogP) is 7.02. The Bertz CT molecular complexity index is 1760. The molecule has 7 rings (SSSR count). The van der Waals surface area contributed by atoms with Gasteiger partial charge in [-0.25, -0.2) is 9.98 Å². The van der Waals surface area contributed by atoms with E-state index in [4.69, 9.17) is 9.41 Å². The molecule has 0 spiro atoms. The zero-order valence-corrected chi connectivity index (χ0v) is 20.2. The monoisotopic (exact) mass is 468 g/mol. The lowest BCUT2D eigenvalue weighted by atomic mass is 9.78. The summed E-state index contributed by atoms with van der Waals surface area (Å²) in [5.74, 6) is 0.255. The van der Waals surface area contributed by atoms with Crippen LogP contribution in [0.4, 0.5) is 0 Å². The van der Waals surface area contributed by atoms with Crippen molar-refractivity contribution in [2.75, 3.05) is 0 Å². The van der Waals surface area contributed by atoms with Crippen LogP contribution in [-0.2, 0) is 6.42 Å². The van der Waals surface area contributed by atoms with E-state index in [9.17, 15) is 0 Å². The minimum absolute atomic E-state index is 0.0239. The fraction of sp³-hybridized carbons (Fsp3) is 0.156. The Morgan fingerprint density at radius 2 is 1.83 bits per heavy atom. The van der Waals surface area contributed by atoms with Crippen molar-refractivity contribution in [3.63, 3.8) is 0 Å². The van der Waals surface area contributed by atoms with Crippen molar-refractivity contribution in [2.24, 2.45) is 4.99 Å². The van der Waals surface area contributed by atoms with Gasteiger partial charge in [-0.3, -0.25) is 0 Å². The van der Waals surface area contributed by atoms with Crippen LogP contribution >= 0.6 is 0 Å². The lowest BCUT2D eigenvalue weighted by molar-refractivity contribution is -0.709. The summed E-state index contributed by atoms with van der Waals surface area (Å²) in [6.07, 6.45) is 5.86. The summed E-state index contributed by atoms with van der Waals surface area (Å²) < 4.78 is 8.74. The highest BCUT2D eigenvalue weighted by Gasteiger charge is 2.42. The molecule has 0 saturated heterocycles. The van der Waals surface area contributed by atoms with Gasteiger partial charge < -0.3 is 4.42 Å². The SMILES string of the molecule is C=CC1=NC(=C)C2C(CCc3ccc4c(oc5nc(C)ccc54)c31)c1ccccc1-c1cccc[n+]12. The molecule has 2 aromatic carbocycles. The molecule has 0 radical (unpaired) electrons. The average molecular weight is 469 g/mol.